The monoisotopic (exact) mass is 247 g/mol. The molecule has 80 valence electrons. The normalized spacial score (nSPS) is 12.1. The van der Waals surface area contributed by atoms with Gasteiger partial charge in [-0.25, -0.2) is 13.2 Å². The zero-order valence-corrected chi connectivity index (χ0v) is 9.15. The Balaban J connectivity index is 2.89. The number of fused-ring (bicyclic) bond motifs is 1. The Hall–Kier alpha value is -1.27. The molecule has 0 atom stereocenters. The lowest BCUT2D eigenvalue weighted by molar-refractivity contribution is 0.554. The van der Waals surface area contributed by atoms with Crippen LogP contribution in [0.3, 0.4) is 0 Å². The lowest BCUT2D eigenvalue weighted by Crippen LogP contribution is -1.94. The molecule has 2 aromatic rings. The van der Waals surface area contributed by atoms with E-state index in [1.54, 1.807) is 6.92 Å². The molecule has 0 aliphatic rings. The molecule has 0 saturated heterocycles. The van der Waals surface area contributed by atoms with Crippen molar-refractivity contribution in [2.45, 2.75) is 11.8 Å². The van der Waals surface area contributed by atoms with E-state index in [0.29, 0.717) is 11.1 Å². The largest absolute Gasteiger partial charge is 0.417 e. The fourth-order valence-corrected chi connectivity index (χ4v) is 2.16. The van der Waals surface area contributed by atoms with E-state index in [1.807, 2.05) is 0 Å². The molecule has 0 radical (unpaired) electrons. The van der Waals surface area contributed by atoms with Crippen molar-refractivity contribution in [2.75, 3.05) is 0 Å². The van der Waals surface area contributed by atoms with Gasteiger partial charge in [0.15, 0.2) is 5.58 Å². The summed E-state index contributed by atoms with van der Waals surface area (Å²) in [5.74, 6) is -0.628. The Morgan fingerprint density at radius 2 is 2.07 bits per heavy atom. The summed E-state index contributed by atoms with van der Waals surface area (Å²) in [5.41, 5.74) is 1.24. The maximum absolute atomic E-state index is 11.1. The quantitative estimate of drug-likeness (QED) is 0.772. The summed E-state index contributed by atoms with van der Waals surface area (Å²) in [4.78, 5) is 13.3. The first-order chi connectivity index (χ1) is 6.88. The van der Waals surface area contributed by atoms with Crippen LogP contribution in [0.2, 0.25) is 0 Å². The van der Waals surface area contributed by atoms with E-state index in [2.05, 4.69) is 4.98 Å². The molecule has 5 nitrogen and oxygen atoms in total. The molecule has 0 spiro atoms. The number of oxazole rings is 1. The van der Waals surface area contributed by atoms with Gasteiger partial charge in [-0.1, -0.05) is 0 Å². The highest BCUT2D eigenvalue weighted by Crippen LogP contribution is 2.23. The second kappa shape index (κ2) is 3.11. The number of halogens is 1. The fraction of sp³-hybridized carbons (Fsp3) is 0.125. The minimum Gasteiger partial charge on any atom is -0.408 e. The van der Waals surface area contributed by atoms with Gasteiger partial charge in [-0.3, -0.25) is 4.98 Å². The summed E-state index contributed by atoms with van der Waals surface area (Å²) in [5, 5.41) is 0. The van der Waals surface area contributed by atoms with Crippen LogP contribution >= 0.6 is 10.7 Å². The lowest BCUT2D eigenvalue weighted by Gasteiger charge is -1.98. The van der Waals surface area contributed by atoms with E-state index in [0.717, 1.165) is 0 Å². The number of H-pyrrole nitrogens is 1. The third-order valence-electron chi connectivity index (χ3n) is 1.98. The summed E-state index contributed by atoms with van der Waals surface area (Å²) in [7, 11) is 1.37. The first-order valence-electron chi connectivity index (χ1n) is 3.96. The number of nitrogens with one attached hydrogen (secondary N) is 1. The van der Waals surface area contributed by atoms with Crippen LogP contribution in [0.15, 0.2) is 26.2 Å². The van der Waals surface area contributed by atoms with E-state index in [4.69, 9.17) is 15.1 Å². The second-order valence-corrected chi connectivity index (χ2v) is 5.63. The molecule has 0 unspecified atom stereocenters. The SMILES string of the molecule is Cc1cc(S(=O)(=O)Cl)cc2oc(=O)[nH]c12. The second-order valence-electron chi connectivity index (χ2n) is 3.07. The third kappa shape index (κ3) is 1.78. The summed E-state index contributed by atoms with van der Waals surface area (Å²) in [6.07, 6.45) is 0. The van der Waals surface area contributed by atoms with Gasteiger partial charge in [0.1, 0.15) is 0 Å². The van der Waals surface area contributed by atoms with Crippen LogP contribution in [0.25, 0.3) is 11.1 Å². The Labute approximate surface area is 89.1 Å². The lowest BCUT2D eigenvalue weighted by atomic mass is 10.2. The summed E-state index contributed by atoms with van der Waals surface area (Å²) < 4.78 is 26.9. The molecule has 0 fully saturated rings. The average Bonchev–Trinajstić information content (AvgIpc) is 2.44. The van der Waals surface area contributed by atoms with Gasteiger partial charge in [-0.15, -0.1) is 0 Å². The van der Waals surface area contributed by atoms with Crippen molar-refractivity contribution in [3.63, 3.8) is 0 Å². The summed E-state index contributed by atoms with van der Waals surface area (Å²) >= 11 is 0. The number of benzene rings is 1. The molecule has 1 aromatic heterocycles. The van der Waals surface area contributed by atoms with E-state index in [1.165, 1.54) is 12.1 Å². The van der Waals surface area contributed by atoms with Crippen LogP contribution in [-0.4, -0.2) is 13.4 Å². The molecule has 2 rings (SSSR count). The number of rotatable bonds is 1. The zero-order valence-electron chi connectivity index (χ0n) is 7.57. The smallest absolute Gasteiger partial charge is 0.408 e. The first kappa shape index (κ1) is 10.3. The van der Waals surface area contributed by atoms with Crippen LogP contribution in [0.1, 0.15) is 5.56 Å². The third-order valence-corrected chi connectivity index (χ3v) is 3.32. The first-order valence-corrected chi connectivity index (χ1v) is 6.27. The summed E-state index contributed by atoms with van der Waals surface area (Å²) in [6.45, 7) is 1.65. The number of aryl methyl sites for hydroxylation is 1. The predicted octanol–water partition coefficient (Wildman–Crippen LogP) is 1.36. The van der Waals surface area contributed by atoms with Crippen LogP contribution < -0.4 is 5.76 Å². The van der Waals surface area contributed by atoms with Crippen LogP contribution in [0.5, 0.6) is 0 Å². The molecule has 1 aromatic carbocycles. The van der Waals surface area contributed by atoms with E-state index in [9.17, 15) is 13.2 Å². The van der Waals surface area contributed by atoms with Crippen LogP contribution in [-0.2, 0) is 9.05 Å². The molecule has 15 heavy (non-hydrogen) atoms. The van der Waals surface area contributed by atoms with Gasteiger partial charge in [0.05, 0.1) is 10.4 Å². The predicted molar refractivity (Wildman–Crippen MR) is 54.6 cm³/mol. The molecule has 0 saturated carbocycles. The van der Waals surface area contributed by atoms with Gasteiger partial charge in [0.2, 0.25) is 0 Å². The molecule has 1 N–H and O–H groups in total. The molecule has 0 amide bonds. The maximum Gasteiger partial charge on any atom is 0.417 e. The summed E-state index contributed by atoms with van der Waals surface area (Å²) in [6, 6.07) is 2.58. The molecule has 0 aliphatic heterocycles. The maximum atomic E-state index is 11.1. The highest BCUT2D eigenvalue weighted by Gasteiger charge is 2.14. The molecule has 0 aliphatic carbocycles. The van der Waals surface area contributed by atoms with Gasteiger partial charge >= 0.3 is 5.76 Å². The van der Waals surface area contributed by atoms with Crippen molar-refractivity contribution in [1.82, 2.24) is 4.98 Å². The average molecular weight is 248 g/mol. The Kier molecular flexibility index (Phi) is 2.13. The van der Waals surface area contributed by atoms with Gasteiger partial charge < -0.3 is 4.42 Å². The van der Waals surface area contributed by atoms with E-state index >= 15 is 0 Å². The number of hydrogen-bond acceptors (Lipinski definition) is 4. The number of hydrogen-bond donors (Lipinski definition) is 1. The van der Waals surface area contributed by atoms with Gasteiger partial charge in [0, 0.05) is 16.7 Å². The Bertz CT molecular complexity index is 682. The van der Waals surface area contributed by atoms with Crippen molar-refractivity contribution < 1.29 is 12.8 Å². The Morgan fingerprint density at radius 1 is 1.40 bits per heavy atom. The highest BCUT2D eigenvalue weighted by atomic mass is 35.7. The topological polar surface area (TPSA) is 80.1 Å². The molecule has 7 heteroatoms. The minimum absolute atomic E-state index is 0.0862. The standard InChI is InChI=1S/C8H6ClNO4S/c1-4-2-5(15(9,12)13)3-6-7(4)10-8(11)14-6/h2-3H,1H3,(H,10,11). The number of aromatic amines is 1. The molecular weight excluding hydrogens is 242 g/mol. The van der Waals surface area contributed by atoms with Crippen molar-refractivity contribution in [2.24, 2.45) is 0 Å². The van der Waals surface area contributed by atoms with Crippen LogP contribution in [0.4, 0.5) is 0 Å². The Morgan fingerprint density at radius 3 is 2.67 bits per heavy atom. The number of aromatic nitrogens is 1. The van der Waals surface area contributed by atoms with E-state index in [-0.39, 0.29) is 10.5 Å². The minimum atomic E-state index is -3.81. The molecule has 0 bridgehead atoms. The molecule has 1 heterocycles. The fourth-order valence-electron chi connectivity index (χ4n) is 1.33. The van der Waals surface area contributed by atoms with Crippen LogP contribution in [0, 0.1) is 6.92 Å². The van der Waals surface area contributed by atoms with E-state index < -0.39 is 14.8 Å². The van der Waals surface area contributed by atoms with Crippen molar-refractivity contribution in [1.29, 1.82) is 0 Å². The van der Waals surface area contributed by atoms with Crippen molar-refractivity contribution >= 4 is 30.8 Å². The van der Waals surface area contributed by atoms with Gasteiger partial charge in [-0.05, 0) is 18.6 Å². The van der Waals surface area contributed by atoms with Crippen molar-refractivity contribution in [3.05, 3.63) is 28.2 Å². The molecular formula is C8H6ClNO4S. The zero-order chi connectivity index (χ0) is 11.2. The van der Waals surface area contributed by atoms with Gasteiger partial charge in [-0.2, -0.15) is 0 Å². The van der Waals surface area contributed by atoms with Crippen molar-refractivity contribution in [3.8, 4) is 0 Å². The van der Waals surface area contributed by atoms with Gasteiger partial charge in [0.25, 0.3) is 9.05 Å². The highest BCUT2D eigenvalue weighted by molar-refractivity contribution is 8.13.